The van der Waals surface area contributed by atoms with Gasteiger partial charge in [-0.05, 0) is 25.0 Å². The summed E-state index contributed by atoms with van der Waals surface area (Å²) in [4.78, 5) is 26.0. The summed E-state index contributed by atoms with van der Waals surface area (Å²) in [5, 5.41) is 19.9. The molecule has 1 aromatic carbocycles. The highest BCUT2D eigenvalue weighted by atomic mass is 16.6. The summed E-state index contributed by atoms with van der Waals surface area (Å²) >= 11 is 0. The molecule has 0 aromatic heterocycles. The summed E-state index contributed by atoms with van der Waals surface area (Å²) < 4.78 is 0. The van der Waals surface area contributed by atoms with Crippen molar-refractivity contribution < 1.29 is 9.72 Å². The average molecular weight is 288 g/mol. The topological polar surface area (TPSA) is 90.5 Å². The van der Waals surface area contributed by atoms with E-state index in [1.54, 1.807) is 16.8 Å². The lowest BCUT2D eigenvalue weighted by Gasteiger charge is -2.22. The zero-order chi connectivity index (χ0) is 15.4. The number of likely N-dealkylation sites (tertiary alicyclic amines) is 1. The molecule has 0 bridgehead atoms. The maximum Gasteiger partial charge on any atom is 0.293 e. The molecule has 1 amide bonds. The first-order valence-electron chi connectivity index (χ1n) is 6.70. The third-order valence-corrected chi connectivity index (χ3v) is 3.54. The number of carbonyl (C=O) groups excluding carboxylic acids is 1. The molecule has 1 aromatic rings. The van der Waals surface area contributed by atoms with Gasteiger partial charge in [0.1, 0.15) is 5.69 Å². The van der Waals surface area contributed by atoms with Gasteiger partial charge in [-0.2, -0.15) is 5.26 Å². The minimum atomic E-state index is -0.535. The van der Waals surface area contributed by atoms with Crippen molar-refractivity contribution in [2.24, 2.45) is 0 Å². The fourth-order valence-corrected chi connectivity index (χ4v) is 2.42. The van der Waals surface area contributed by atoms with Crippen molar-refractivity contribution in [3.63, 3.8) is 0 Å². The molecular weight excluding hydrogens is 272 g/mol. The first-order chi connectivity index (χ1) is 10.0. The molecule has 2 rings (SSSR count). The molecule has 7 heteroatoms. The minimum Gasteiger partial charge on any atom is -0.360 e. The van der Waals surface area contributed by atoms with Crippen LogP contribution in [0.2, 0.25) is 0 Å². The van der Waals surface area contributed by atoms with Gasteiger partial charge in [-0.1, -0.05) is 0 Å². The predicted octanol–water partition coefficient (Wildman–Crippen LogP) is 1.53. The van der Waals surface area contributed by atoms with E-state index in [1.165, 1.54) is 18.2 Å². The van der Waals surface area contributed by atoms with E-state index >= 15 is 0 Å². The largest absolute Gasteiger partial charge is 0.360 e. The van der Waals surface area contributed by atoms with Crippen LogP contribution in [0.5, 0.6) is 0 Å². The fourth-order valence-electron chi connectivity index (χ4n) is 2.42. The molecule has 0 spiro atoms. The second-order valence-corrected chi connectivity index (χ2v) is 5.02. The van der Waals surface area contributed by atoms with Crippen LogP contribution in [0.1, 0.15) is 18.4 Å². The number of nitro groups is 1. The van der Waals surface area contributed by atoms with Crippen LogP contribution in [0.15, 0.2) is 18.2 Å². The molecule has 21 heavy (non-hydrogen) atoms. The molecule has 7 nitrogen and oxygen atoms in total. The third-order valence-electron chi connectivity index (χ3n) is 3.54. The van der Waals surface area contributed by atoms with Crippen molar-refractivity contribution in [1.29, 1.82) is 5.26 Å². The molecule has 1 aliphatic rings. The van der Waals surface area contributed by atoms with E-state index in [0.717, 1.165) is 25.9 Å². The predicted molar refractivity (Wildman–Crippen MR) is 76.9 cm³/mol. The smallest absolute Gasteiger partial charge is 0.293 e. The lowest BCUT2D eigenvalue weighted by atomic mass is 10.1. The first kappa shape index (κ1) is 14.8. The highest BCUT2D eigenvalue weighted by Gasteiger charge is 2.23. The van der Waals surface area contributed by atoms with Gasteiger partial charge in [-0.15, -0.1) is 0 Å². The number of rotatable bonds is 4. The Morgan fingerprint density at radius 1 is 1.48 bits per heavy atom. The first-order valence-corrected chi connectivity index (χ1v) is 6.70. The quantitative estimate of drug-likeness (QED) is 0.619. The minimum absolute atomic E-state index is 0.0337. The molecule has 0 radical (unpaired) electrons. The van der Waals surface area contributed by atoms with Gasteiger partial charge < -0.3 is 9.80 Å². The molecule has 0 saturated carbocycles. The number of hydrogen-bond donors (Lipinski definition) is 0. The zero-order valence-electron chi connectivity index (χ0n) is 11.8. The average Bonchev–Trinajstić information content (AvgIpc) is 3.00. The van der Waals surface area contributed by atoms with Crippen molar-refractivity contribution in [2.45, 2.75) is 12.8 Å². The van der Waals surface area contributed by atoms with Crippen molar-refractivity contribution in [3.8, 4) is 6.07 Å². The number of anilines is 1. The summed E-state index contributed by atoms with van der Waals surface area (Å²) in [6.07, 6.45) is 2.01. The molecular formula is C14H16N4O3. The van der Waals surface area contributed by atoms with E-state index < -0.39 is 4.92 Å². The third kappa shape index (κ3) is 3.28. The number of hydrogen-bond acceptors (Lipinski definition) is 5. The standard InChI is InChI=1S/C14H16N4O3/c1-16(10-14(19)17-6-2-3-7-17)12-5-4-11(9-15)8-13(12)18(20)21/h4-5,8H,2-3,6-7,10H2,1H3. The Bertz CT molecular complexity index is 603. The van der Waals surface area contributed by atoms with Crippen LogP contribution in [-0.4, -0.2) is 42.4 Å². The monoisotopic (exact) mass is 288 g/mol. The molecule has 1 aliphatic heterocycles. The lowest BCUT2D eigenvalue weighted by Crippen LogP contribution is -2.37. The molecule has 0 aliphatic carbocycles. The summed E-state index contributed by atoms with van der Waals surface area (Å²) in [6, 6.07) is 6.13. The second-order valence-electron chi connectivity index (χ2n) is 5.02. The van der Waals surface area contributed by atoms with Gasteiger partial charge >= 0.3 is 0 Å². The van der Waals surface area contributed by atoms with Crippen LogP contribution in [-0.2, 0) is 4.79 Å². The van der Waals surface area contributed by atoms with Crippen molar-refractivity contribution >= 4 is 17.3 Å². The number of benzene rings is 1. The number of carbonyl (C=O) groups is 1. The highest BCUT2D eigenvalue weighted by molar-refractivity contribution is 5.82. The summed E-state index contributed by atoms with van der Waals surface area (Å²) in [5.74, 6) is -0.0337. The second kappa shape index (κ2) is 6.22. The van der Waals surface area contributed by atoms with E-state index in [0.29, 0.717) is 5.69 Å². The summed E-state index contributed by atoms with van der Waals surface area (Å²) in [7, 11) is 1.64. The number of nitro benzene ring substituents is 1. The van der Waals surface area contributed by atoms with Crippen LogP contribution in [0.25, 0.3) is 0 Å². The molecule has 0 unspecified atom stereocenters. The molecule has 1 saturated heterocycles. The maximum atomic E-state index is 12.1. The Balaban J connectivity index is 2.18. The van der Waals surface area contributed by atoms with Crippen LogP contribution in [0.4, 0.5) is 11.4 Å². The molecule has 0 atom stereocenters. The Hall–Kier alpha value is -2.62. The molecule has 1 fully saturated rings. The number of nitrogens with zero attached hydrogens (tertiary/aromatic N) is 4. The van der Waals surface area contributed by atoms with Crippen LogP contribution >= 0.6 is 0 Å². The van der Waals surface area contributed by atoms with Crippen LogP contribution in [0.3, 0.4) is 0 Å². The van der Waals surface area contributed by atoms with Crippen molar-refractivity contribution in [1.82, 2.24) is 4.90 Å². The lowest BCUT2D eigenvalue weighted by molar-refractivity contribution is -0.384. The Morgan fingerprint density at radius 2 is 2.14 bits per heavy atom. The van der Waals surface area contributed by atoms with Gasteiger partial charge in [0, 0.05) is 26.2 Å². The van der Waals surface area contributed by atoms with Gasteiger partial charge in [-0.3, -0.25) is 14.9 Å². The highest BCUT2D eigenvalue weighted by Crippen LogP contribution is 2.28. The van der Waals surface area contributed by atoms with E-state index in [9.17, 15) is 14.9 Å². The van der Waals surface area contributed by atoms with E-state index in [4.69, 9.17) is 5.26 Å². The Morgan fingerprint density at radius 3 is 2.71 bits per heavy atom. The number of nitriles is 1. The Kier molecular flexibility index (Phi) is 4.38. The molecule has 110 valence electrons. The van der Waals surface area contributed by atoms with Crippen molar-refractivity contribution in [2.75, 3.05) is 31.6 Å². The normalized spacial score (nSPS) is 13.8. The maximum absolute atomic E-state index is 12.1. The van der Waals surface area contributed by atoms with Gasteiger partial charge in [0.25, 0.3) is 5.69 Å². The van der Waals surface area contributed by atoms with Crippen LogP contribution < -0.4 is 4.90 Å². The molecule has 1 heterocycles. The van der Waals surface area contributed by atoms with Crippen molar-refractivity contribution in [3.05, 3.63) is 33.9 Å². The number of amides is 1. The van der Waals surface area contributed by atoms with E-state index in [1.807, 2.05) is 6.07 Å². The van der Waals surface area contributed by atoms with E-state index in [-0.39, 0.29) is 23.7 Å². The molecule has 0 N–H and O–H groups in total. The van der Waals surface area contributed by atoms with Gasteiger partial charge in [0.05, 0.1) is 23.1 Å². The van der Waals surface area contributed by atoms with Gasteiger partial charge in [-0.25, -0.2) is 0 Å². The summed E-state index contributed by atoms with van der Waals surface area (Å²) in [5.41, 5.74) is 0.405. The summed E-state index contributed by atoms with van der Waals surface area (Å²) in [6.45, 7) is 1.59. The zero-order valence-corrected chi connectivity index (χ0v) is 11.8. The van der Waals surface area contributed by atoms with Crippen LogP contribution in [0, 0.1) is 21.4 Å². The number of likely N-dealkylation sites (N-methyl/N-ethyl adjacent to an activating group) is 1. The SMILES string of the molecule is CN(CC(=O)N1CCCC1)c1ccc(C#N)cc1[N+](=O)[O-]. The van der Waals surface area contributed by atoms with Gasteiger partial charge in [0.15, 0.2) is 0 Å². The van der Waals surface area contributed by atoms with Gasteiger partial charge in [0.2, 0.25) is 5.91 Å². The Labute approximate surface area is 122 Å². The van der Waals surface area contributed by atoms with E-state index in [2.05, 4.69) is 0 Å². The fraction of sp³-hybridized carbons (Fsp3) is 0.429.